The van der Waals surface area contributed by atoms with Gasteiger partial charge in [0.05, 0.1) is 13.2 Å². The third kappa shape index (κ3) is 4.88. The fraction of sp³-hybridized carbons (Fsp3) is 0.600. The van der Waals surface area contributed by atoms with E-state index in [-0.39, 0.29) is 0 Å². The predicted octanol–water partition coefficient (Wildman–Crippen LogP) is 2.65. The Labute approximate surface area is 124 Å². The fourth-order valence-corrected chi connectivity index (χ4v) is 2.89. The molecule has 0 aliphatic carbocycles. The minimum absolute atomic E-state index is 0.494. The van der Waals surface area contributed by atoms with Gasteiger partial charge in [0.1, 0.15) is 0 Å². The van der Waals surface area contributed by atoms with Crippen molar-refractivity contribution in [2.45, 2.75) is 32.0 Å². The molecule has 1 fully saturated rings. The Bertz CT molecular complexity index is 393. The molecule has 1 aliphatic heterocycles. The van der Waals surface area contributed by atoms with Crippen molar-refractivity contribution in [1.29, 1.82) is 0 Å². The summed E-state index contributed by atoms with van der Waals surface area (Å²) in [6.07, 6.45) is 1.13. The third-order valence-electron chi connectivity index (χ3n) is 3.70. The van der Waals surface area contributed by atoms with Gasteiger partial charge in [0.15, 0.2) is 0 Å². The summed E-state index contributed by atoms with van der Waals surface area (Å²) in [6, 6.07) is 9.55. The van der Waals surface area contributed by atoms with Gasteiger partial charge >= 0.3 is 0 Å². The van der Waals surface area contributed by atoms with Gasteiger partial charge in [-0.2, -0.15) is 0 Å². The van der Waals surface area contributed by atoms with Gasteiger partial charge in [-0.3, -0.25) is 4.90 Å². The third-order valence-corrected chi connectivity index (χ3v) is 4.19. The van der Waals surface area contributed by atoms with E-state index in [0.717, 1.165) is 37.2 Å². The number of nitrogens with zero attached hydrogens (tertiary/aromatic N) is 1. The summed E-state index contributed by atoms with van der Waals surface area (Å²) in [6.45, 7) is 5.93. The van der Waals surface area contributed by atoms with Crippen LogP contribution in [0.25, 0.3) is 0 Å². The molecule has 0 bridgehead atoms. The topological polar surface area (TPSA) is 24.5 Å². The van der Waals surface area contributed by atoms with Crippen LogP contribution in [-0.2, 0) is 11.3 Å². The largest absolute Gasteiger partial charge is 0.379 e. The summed E-state index contributed by atoms with van der Waals surface area (Å²) in [5.74, 6) is 0. The van der Waals surface area contributed by atoms with Gasteiger partial charge in [0.2, 0.25) is 0 Å². The summed E-state index contributed by atoms with van der Waals surface area (Å²) in [5, 5.41) is 3.52. The minimum atomic E-state index is 0.494. The van der Waals surface area contributed by atoms with Crippen molar-refractivity contribution in [3.63, 3.8) is 0 Å². The molecule has 1 aliphatic rings. The molecule has 3 nitrogen and oxygen atoms in total. The van der Waals surface area contributed by atoms with E-state index in [1.807, 2.05) is 0 Å². The summed E-state index contributed by atoms with van der Waals surface area (Å²) in [7, 11) is 2.19. The molecular weight excluding hydrogens is 304 g/mol. The van der Waals surface area contributed by atoms with Crippen LogP contribution in [0.2, 0.25) is 0 Å². The molecule has 1 aromatic rings. The van der Waals surface area contributed by atoms with Gasteiger partial charge in [-0.15, -0.1) is 0 Å². The van der Waals surface area contributed by atoms with Crippen molar-refractivity contribution in [3.05, 3.63) is 34.3 Å². The van der Waals surface area contributed by atoms with E-state index in [0.29, 0.717) is 12.1 Å². The van der Waals surface area contributed by atoms with Crippen molar-refractivity contribution in [2.24, 2.45) is 0 Å². The number of rotatable bonds is 5. The molecule has 2 atom stereocenters. The zero-order valence-electron chi connectivity index (χ0n) is 11.7. The van der Waals surface area contributed by atoms with Crippen LogP contribution in [0.3, 0.4) is 0 Å². The first kappa shape index (κ1) is 15.0. The maximum atomic E-state index is 5.51. The number of hydrogen-bond donors (Lipinski definition) is 1. The molecule has 0 amide bonds. The average molecular weight is 327 g/mol. The Balaban J connectivity index is 1.82. The van der Waals surface area contributed by atoms with Crippen molar-refractivity contribution in [2.75, 3.05) is 26.8 Å². The summed E-state index contributed by atoms with van der Waals surface area (Å²) in [4.78, 5) is 2.40. The Kier molecular flexibility index (Phi) is 5.82. The zero-order chi connectivity index (χ0) is 13.7. The molecule has 1 saturated heterocycles. The van der Waals surface area contributed by atoms with Crippen LogP contribution in [0.4, 0.5) is 0 Å². The van der Waals surface area contributed by atoms with E-state index in [9.17, 15) is 0 Å². The van der Waals surface area contributed by atoms with Crippen LogP contribution in [0.15, 0.2) is 28.7 Å². The van der Waals surface area contributed by atoms with Crippen molar-refractivity contribution in [1.82, 2.24) is 10.2 Å². The number of benzene rings is 1. The highest BCUT2D eigenvalue weighted by molar-refractivity contribution is 9.10. The van der Waals surface area contributed by atoms with Gasteiger partial charge in [-0.05, 0) is 38.1 Å². The van der Waals surface area contributed by atoms with E-state index in [4.69, 9.17) is 4.74 Å². The Morgan fingerprint density at radius 2 is 2.37 bits per heavy atom. The fourth-order valence-electron chi connectivity index (χ4n) is 2.44. The lowest BCUT2D eigenvalue weighted by Crippen LogP contribution is -2.45. The highest BCUT2D eigenvalue weighted by Gasteiger charge is 2.18. The summed E-state index contributed by atoms with van der Waals surface area (Å²) < 4.78 is 6.66. The first-order valence-electron chi connectivity index (χ1n) is 6.91. The van der Waals surface area contributed by atoms with E-state index in [1.54, 1.807) is 0 Å². The lowest BCUT2D eigenvalue weighted by molar-refractivity contribution is 0.0638. The Morgan fingerprint density at radius 1 is 1.53 bits per heavy atom. The molecule has 4 heteroatoms. The maximum Gasteiger partial charge on any atom is 0.0620 e. The number of ether oxygens (including phenoxy) is 1. The monoisotopic (exact) mass is 326 g/mol. The lowest BCUT2D eigenvalue weighted by atomic mass is 10.1. The Morgan fingerprint density at radius 3 is 3.05 bits per heavy atom. The molecule has 1 N–H and O–H groups in total. The zero-order valence-corrected chi connectivity index (χ0v) is 13.3. The van der Waals surface area contributed by atoms with Gasteiger partial charge in [0.25, 0.3) is 0 Å². The standard InChI is InChI=1S/C15H23BrN2O/c1-12(8-15-11-19-7-6-17-15)18(2)10-13-4-3-5-14(16)9-13/h3-5,9,12,15,17H,6-8,10-11H2,1-2H3. The summed E-state index contributed by atoms with van der Waals surface area (Å²) >= 11 is 3.52. The van der Waals surface area contributed by atoms with Crippen LogP contribution in [0, 0.1) is 0 Å². The smallest absolute Gasteiger partial charge is 0.0620 e. The van der Waals surface area contributed by atoms with Crippen molar-refractivity contribution < 1.29 is 4.74 Å². The Hall–Kier alpha value is -0.420. The molecule has 2 unspecified atom stereocenters. The molecule has 1 heterocycles. The minimum Gasteiger partial charge on any atom is -0.379 e. The van der Waals surface area contributed by atoms with E-state index in [2.05, 4.69) is 64.4 Å². The van der Waals surface area contributed by atoms with E-state index >= 15 is 0 Å². The number of halogens is 1. The van der Waals surface area contributed by atoms with Gasteiger partial charge in [-0.1, -0.05) is 28.1 Å². The molecule has 1 aromatic carbocycles. The molecular formula is C15H23BrN2O. The molecule has 2 rings (SSSR count). The number of hydrogen-bond acceptors (Lipinski definition) is 3. The molecule has 0 spiro atoms. The van der Waals surface area contributed by atoms with Crippen molar-refractivity contribution >= 4 is 15.9 Å². The number of nitrogens with one attached hydrogen (secondary N) is 1. The second-order valence-corrected chi connectivity index (χ2v) is 6.27. The second kappa shape index (κ2) is 7.39. The first-order valence-corrected chi connectivity index (χ1v) is 7.70. The average Bonchev–Trinajstić information content (AvgIpc) is 2.40. The summed E-state index contributed by atoms with van der Waals surface area (Å²) in [5.41, 5.74) is 1.34. The molecule has 0 saturated carbocycles. The van der Waals surface area contributed by atoms with Gasteiger partial charge < -0.3 is 10.1 Å². The molecule has 106 valence electrons. The van der Waals surface area contributed by atoms with Crippen LogP contribution >= 0.6 is 15.9 Å². The highest BCUT2D eigenvalue weighted by Crippen LogP contribution is 2.15. The van der Waals surface area contributed by atoms with Gasteiger partial charge in [-0.25, -0.2) is 0 Å². The maximum absolute atomic E-state index is 5.51. The van der Waals surface area contributed by atoms with Crippen LogP contribution < -0.4 is 5.32 Å². The highest BCUT2D eigenvalue weighted by atomic mass is 79.9. The van der Waals surface area contributed by atoms with Gasteiger partial charge in [0, 0.05) is 29.6 Å². The predicted molar refractivity (Wildman–Crippen MR) is 82.3 cm³/mol. The first-order chi connectivity index (χ1) is 9.15. The second-order valence-electron chi connectivity index (χ2n) is 5.36. The molecule has 0 aromatic heterocycles. The van der Waals surface area contributed by atoms with E-state index < -0.39 is 0 Å². The quantitative estimate of drug-likeness (QED) is 0.900. The molecule has 0 radical (unpaired) electrons. The van der Waals surface area contributed by atoms with Crippen molar-refractivity contribution in [3.8, 4) is 0 Å². The lowest BCUT2D eigenvalue weighted by Gasteiger charge is -2.31. The van der Waals surface area contributed by atoms with Crippen LogP contribution in [0.5, 0.6) is 0 Å². The number of morpholine rings is 1. The SMILES string of the molecule is CC(CC1COCCN1)N(C)Cc1cccc(Br)c1. The van der Waals surface area contributed by atoms with E-state index in [1.165, 1.54) is 5.56 Å². The molecule has 19 heavy (non-hydrogen) atoms. The van der Waals surface area contributed by atoms with Crippen LogP contribution in [0.1, 0.15) is 18.9 Å². The normalized spacial score (nSPS) is 21.6. The van der Waals surface area contributed by atoms with Crippen LogP contribution in [-0.4, -0.2) is 43.8 Å².